The number of hydrogen-bond acceptors (Lipinski definition) is 4. The number of nitrogens with zero attached hydrogens (tertiary/aromatic N) is 1. The Morgan fingerprint density at radius 1 is 0.969 bits per heavy atom. The van der Waals surface area contributed by atoms with Gasteiger partial charge in [-0.05, 0) is 60.7 Å². The summed E-state index contributed by atoms with van der Waals surface area (Å²) < 4.78 is 10.7. The van der Waals surface area contributed by atoms with E-state index < -0.39 is 0 Å². The summed E-state index contributed by atoms with van der Waals surface area (Å²) in [5.41, 5.74) is 7.13. The van der Waals surface area contributed by atoms with Crippen LogP contribution in [0, 0.1) is 12.8 Å². The quantitative estimate of drug-likeness (QED) is 0.371. The van der Waals surface area contributed by atoms with Gasteiger partial charge in [-0.25, -0.2) is 0 Å². The van der Waals surface area contributed by atoms with E-state index >= 15 is 0 Å². The molecule has 0 unspecified atom stereocenters. The van der Waals surface area contributed by atoms with Gasteiger partial charge < -0.3 is 14.8 Å². The van der Waals surface area contributed by atoms with Gasteiger partial charge in [0, 0.05) is 29.4 Å². The highest BCUT2D eigenvalue weighted by atomic mass is 16.5. The lowest BCUT2D eigenvalue weighted by Gasteiger charge is -2.37. The maximum absolute atomic E-state index is 5.47. The van der Waals surface area contributed by atoms with Gasteiger partial charge >= 0.3 is 0 Å². The van der Waals surface area contributed by atoms with E-state index in [4.69, 9.17) is 9.47 Å². The molecule has 4 nitrogen and oxygen atoms in total. The monoisotopic (exact) mass is 424 g/mol. The first-order valence-electron chi connectivity index (χ1n) is 11.1. The Labute approximate surface area is 189 Å². The van der Waals surface area contributed by atoms with Gasteiger partial charge in [0.15, 0.2) is 0 Å². The number of methoxy groups -OCH3 is 2. The van der Waals surface area contributed by atoms with Gasteiger partial charge in [-0.15, -0.1) is 0 Å². The molecule has 1 N–H and O–H groups in total. The lowest BCUT2D eigenvalue weighted by Crippen LogP contribution is -2.29. The lowest BCUT2D eigenvalue weighted by molar-refractivity contribution is 0.394. The maximum Gasteiger partial charge on any atom is 0.131 e. The molecular formula is C28H28N2O2. The van der Waals surface area contributed by atoms with Crippen LogP contribution in [0.4, 0.5) is 11.4 Å². The van der Waals surface area contributed by atoms with Crippen LogP contribution in [-0.4, -0.2) is 20.4 Å². The molecular weight excluding hydrogens is 396 g/mol. The number of benzene rings is 3. The van der Waals surface area contributed by atoms with E-state index in [2.05, 4.69) is 71.8 Å². The number of aliphatic imine (C=N–C) groups is 1. The first-order chi connectivity index (χ1) is 15.7. The first-order valence-corrected chi connectivity index (χ1v) is 11.1. The molecule has 3 aromatic rings. The number of nitrogens with one attached hydrogen (secondary N) is 1. The summed E-state index contributed by atoms with van der Waals surface area (Å²) in [6.45, 7) is 2.17. The number of ether oxygens (including phenoxy) is 2. The summed E-state index contributed by atoms with van der Waals surface area (Å²) in [4.78, 5) is 4.66. The van der Waals surface area contributed by atoms with Crippen LogP contribution < -0.4 is 14.8 Å². The van der Waals surface area contributed by atoms with Crippen LogP contribution in [-0.2, 0) is 0 Å². The molecule has 0 saturated heterocycles. The Hall–Kier alpha value is -3.53. The summed E-state index contributed by atoms with van der Waals surface area (Å²) in [6, 6.07) is 21.3. The van der Waals surface area contributed by atoms with Gasteiger partial charge in [-0.3, -0.25) is 4.99 Å². The van der Waals surface area contributed by atoms with E-state index in [1.165, 1.54) is 22.4 Å². The molecule has 1 heterocycles. The highest BCUT2D eigenvalue weighted by Gasteiger charge is 2.37. The van der Waals surface area contributed by atoms with E-state index in [1.807, 2.05) is 24.4 Å². The minimum Gasteiger partial charge on any atom is -0.497 e. The third kappa shape index (κ3) is 3.77. The minimum atomic E-state index is 0.296. The lowest BCUT2D eigenvalue weighted by atomic mass is 9.76. The molecule has 2 aliphatic rings. The van der Waals surface area contributed by atoms with Gasteiger partial charge in [0.25, 0.3) is 0 Å². The van der Waals surface area contributed by atoms with Gasteiger partial charge in [0.1, 0.15) is 11.5 Å². The van der Waals surface area contributed by atoms with E-state index in [0.717, 1.165) is 29.2 Å². The van der Waals surface area contributed by atoms with Crippen molar-refractivity contribution in [3.63, 3.8) is 0 Å². The van der Waals surface area contributed by atoms with Crippen LogP contribution in [0.1, 0.15) is 40.6 Å². The molecule has 0 bridgehead atoms. The molecule has 162 valence electrons. The summed E-state index contributed by atoms with van der Waals surface area (Å²) >= 11 is 0. The molecule has 4 heteroatoms. The van der Waals surface area contributed by atoms with Crippen LogP contribution in [0.5, 0.6) is 11.5 Å². The Bertz CT molecular complexity index is 1180. The number of aryl methyl sites for hydroxylation is 1. The SMILES string of the molecule is COc1ccc(C=Nc2ccc([C@@H]3Nc4ccc(C)cc4[C@H]4C=CC[C@H]43)cc2)c(OC)c1. The number of rotatable bonds is 5. The summed E-state index contributed by atoms with van der Waals surface area (Å²) in [5.74, 6) is 2.53. The number of allylic oxidation sites excluding steroid dienone is 2. The predicted molar refractivity (Wildman–Crippen MR) is 131 cm³/mol. The molecule has 3 aromatic carbocycles. The zero-order valence-corrected chi connectivity index (χ0v) is 18.7. The number of fused-ring (bicyclic) bond motifs is 3. The number of hydrogen-bond donors (Lipinski definition) is 1. The second kappa shape index (κ2) is 8.54. The van der Waals surface area contributed by atoms with Crippen LogP contribution >= 0.6 is 0 Å². The van der Waals surface area contributed by atoms with E-state index in [0.29, 0.717) is 17.9 Å². The zero-order chi connectivity index (χ0) is 22.1. The maximum atomic E-state index is 5.47. The average Bonchev–Trinajstić information content (AvgIpc) is 3.33. The smallest absolute Gasteiger partial charge is 0.131 e. The second-order valence-electron chi connectivity index (χ2n) is 8.52. The molecule has 0 radical (unpaired) electrons. The normalized spacial score (nSPS) is 21.2. The first kappa shape index (κ1) is 20.4. The molecule has 0 saturated carbocycles. The van der Waals surface area contributed by atoms with Gasteiger partial charge in [0.05, 0.1) is 25.9 Å². The van der Waals surface area contributed by atoms with Gasteiger partial charge in [-0.1, -0.05) is 42.0 Å². The molecule has 3 atom stereocenters. The zero-order valence-electron chi connectivity index (χ0n) is 18.7. The largest absolute Gasteiger partial charge is 0.497 e. The fraction of sp³-hybridized carbons (Fsp3) is 0.250. The van der Waals surface area contributed by atoms with E-state index in [-0.39, 0.29) is 0 Å². The van der Waals surface area contributed by atoms with Crippen molar-refractivity contribution in [2.75, 3.05) is 19.5 Å². The van der Waals surface area contributed by atoms with Crippen LogP contribution in [0.15, 0.2) is 77.8 Å². The van der Waals surface area contributed by atoms with Gasteiger partial charge in [0.2, 0.25) is 0 Å². The van der Waals surface area contributed by atoms with Crippen LogP contribution in [0.2, 0.25) is 0 Å². The van der Waals surface area contributed by atoms with Crippen molar-refractivity contribution in [1.82, 2.24) is 0 Å². The van der Waals surface area contributed by atoms with Crippen LogP contribution in [0.25, 0.3) is 0 Å². The highest BCUT2D eigenvalue weighted by Crippen LogP contribution is 2.50. The second-order valence-corrected chi connectivity index (χ2v) is 8.52. The standard InChI is InChI=1S/C28H28N2O2/c1-18-7-14-26-25(15-18)23-5-4-6-24(23)28(30-26)19-8-11-21(12-9-19)29-17-20-10-13-22(31-2)16-27(20)32-3/h4-5,7-17,23-24,28,30H,6H2,1-3H3/t23-,24+,28-/m0/s1. The Morgan fingerprint density at radius 2 is 1.81 bits per heavy atom. The fourth-order valence-electron chi connectivity index (χ4n) is 4.88. The average molecular weight is 425 g/mol. The molecule has 0 amide bonds. The van der Waals surface area contributed by atoms with Crippen molar-refractivity contribution in [1.29, 1.82) is 0 Å². The van der Waals surface area contributed by atoms with Crippen molar-refractivity contribution < 1.29 is 9.47 Å². The molecule has 5 rings (SSSR count). The van der Waals surface area contributed by atoms with Gasteiger partial charge in [-0.2, -0.15) is 0 Å². The molecule has 0 aromatic heterocycles. The molecule has 0 fully saturated rings. The Balaban J connectivity index is 1.37. The molecule has 1 aliphatic heterocycles. The molecule has 32 heavy (non-hydrogen) atoms. The van der Waals surface area contributed by atoms with Crippen molar-refractivity contribution in [3.8, 4) is 11.5 Å². The molecule has 0 spiro atoms. The summed E-state index contributed by atoms with van der Waals surface area (Å²) in [6.07, 6.45) is 7.66. The molecule has 1 aliphatic carbocycles. The van der Waals surface area contributed by atoms with E-state index in [1.54, 1.807) is 14.2 Å². The highest BCUT2D eigenvalue weighted by molar-refractivity contribution is 5.85. The van der Waals surface area contributed by atoms with Crippen molar-refractivity contribution >= 4 is 17.6 Å². The topological polar surface area (TPSA) is 42.8 Å². The third-order valence-corrected chi connectivity index (χ3v) is 6.56. The fourth-order valence-corrected chi connectivity index (χ4v) is 4.88. The van der Waals surface area contributed by atoms with Crippen molar-refractivity contribution in [2.24, 2.45) is 10.9 Å². The van der Waals surface area contributed by atoms with Crippen molar-refractivity contribution in [2.45, 2.75) is 25.3 Å². The van der Waals surface area contributed by atoms with Crippen LogP contribution in [0.3, 0.4) is 0 Å². The summed E-state index contributed by atoms with van der Waals surface area (Å²) in [7, 11) is 3.30. The predicted octanol–water partition coefficient (Wildman–Crippen LogP) is 6.59. The number of anilines is 1. The van der Waals surface area contributed by atoms with Crippen molar-refractivity contribution in [3.05, 3.63) is 95.1 Å². The third-order valence-electron chi connectivity index (χ3n) is 6.56. The summed E-state index contributed by atoms with van der Waals surface area (Å²) in [5, 5.41) is 3.81. The van der Waals surface area contributed by atoms with E-state index in [9.17, 15) is 0 Å². The Kier molecular flexibility index (Phi) is 5.44. The minimum absolute atomic E-state index is 0.296. The Morgan fingerprint density at radius 3 is 2.59 bits per heavy atom.